The molecule has 0 spiro atoms. The molecule has 1 aromatic heterocycles. The highest BCUT2D eigenvalue weighted by Crippen LogP contribution is 2.34. The summed E-state index contributed by atoms with van der Waals surface area (Å²) in [5.41, 5.74) is 0.0381. The second kappa shape index (κ2) is 10.7. The summed E-state index contributed by atoms with van der Waals surface area (Å²) >= 11 is 0. The normalized spacial score (nSPS) is 22.0. The van der Waals surface area contributed by atoms with E-state index in [1.165, 1.54) is 20.0 Å². The third-order valence-electron chi connectivity index (χ3n) is 4.22. The number of hydrogen-bond donors (Lipinski definition) is 0. The summed E-state index contributed by atoms with van der Waals surface area (Å²) < 4.78 is 32.2. The van der Waals surface area contributed by atoms with Crippen molar-refractivity contribution in [1.29, 1.82) is 0 Å². The quantitative estimate of drug-likeness (QED) is 0.383. The van der Waals surface area contributed by atoms with Crippen molar-refractivity contribution in [2.24, 2.45) is 0 Å². The highest BCUT2D eigenvalue weighted by molar-refractivity contribution is 5.88. The zero-order chi connectivity index (χ0) is 24.0. The van der Waals surface area contributed by atoms with E-state index >= 15 is 0 Å². The van der Waals surface area contributed by atoms with Gasteiger partial charge in [-0.05, 0) is 0 Å². The number of carbonyl (C=O) groups excluding carboxylic acids is 5. The fourth-order valence-electron chi connectivity index (χ4n) is 3.02. The van der Waals surface area contributed by atoms with Crippen molar-refractivity contribution in [3.63, 3.8) is 0 Å². The van der Waals surface area contributed by atoms with Gasteiger partial charge in [-0.2, -0.15) is 5.10 Å². The van der Waals surface area contributed by atoms with Crippen LogP contribution in [0.3, 0.4) is 0 Å². The van der Waals surface area contributed by atoms with E-state index in [0.29, 0.717) is 0 Å². The van der Waals surface area contributed by atoms with E-state index in [2.05, 4.69) is 5.10 Å². The van der Waals surface area contributed by atoms with E-state index in [1.807, 2.05) is 0 Å². The first-order valence-electron chi connectivity index (χ1n) is 9.46. The van der Waals surface area contributed by atoms with Crippen LogP contribution in [-0.2, 0) is 54.2 Å². The molecule has 0 unspecified atom stereocenters. The van der Waals surface area contributed by atoms with Gasteiger partial charge in [0.25, 0.3) is 0 Å². The Labute approximate surface area is 182 Å². The van der Waals surface area contributed by atoms with Crippen LogP contribution in [-0.4, -0.2) is 71.7 Å². The molecular formula is C19H24N2O11. The molecule has 0 bridgehead atoms. The summed E-state index contributed by atoms with van der Waals surface area (Å²) in [6.07, 6.45) is -3.15. The number of rotatable bonds is 8. The van der Waals surface area contributed by atoms with Gasteiger partial charge in [0.05, 0.1) is 7.11 Å². The number of hydrogen-bond acceptors (Lipinski definition) is 12. The van der Waals surface area contributed by atoms with E-state index in [1.54, 1.807) is 0 Å². The molecule has 1 fully saturated rings. The molecule has 0 radical (unpaired) electrons. The summed E-state index contributed by atoms with van der Waals surface area (Å²) in [5, 5.41) is 4.13. The lowest BCUT2D eigenvalue weighted by atomic mass is 10.1. The summed E-state index contributed by atoms with van der Waals surface area (Å²) in [6.45, 7) is 4.11. The van der Waals surface area contributed by atoms with Crippen LogP contribution in [0.5, 0.6) is 0 Å². The highest BCUT2D eigenvalue weighted by Gasteiger charge is 2.51. The lowest BCUT2D eigenvalue weighted by Gasteiger charge is -2.23. The molecule has 2 heterocycles. The Morgan fingerprint density at radius 2 is 1.53 bits per heavy atom. The standard InChI is InChI=1S/C19H24N2O11/c1-9(22)28-7-13-6-21(20-15(13)19(26)27-5)18-17(31-12(4)25)16(30-11(3)24)14(32-18)8-29-10(2)23/h6,14,16-18H,7-8H2,1-5H3/t14-,16-,17-,18+/m1/s1. The average molecular weight is 456 g/mol. The predicted octanol–water partition coefficient (Wildman–Crippen LogP) is 0.0567. The van der Waals surface area contributed by atoms with Crippen molar-refractivity contribution in [3.8, 4) is 0 Å². The first-order chi connectivity index (χ1) is 15.0. The van der Waals surface area contributed by atoms with Crippen LogP contribution < -0.4 is 0 Å². The third-order valence-corrected chi connectivity index (χ3v) is 4.22. The maximum Gasteiger partial charge on any atom is 0.358 e. The summed E-state index contributed by atoms with van der Waals surface area (Å²) in [6, 6.07) is 0. The minimum Gasteiger partial charge on any atom is -0.464 e. The number of ether oxygens (including phenoxy) is 6. The Hall–Kier alpha value is -3.48. The molecule has 0 saturated carbocycles. The fourth-order valence-corrected chi connectivity index (χ4v) is 3.02. The number of carbonyl (C=O) groups is 5. The summed E-state index contributed by atoms with van der Waals surface area (Å²) in [5.74, 6) is -3.37. The van der Waals surface area contributed by atoms with Gasteiger partial charge in [0.2, 0.25) is 0 Å². The van der Waals surface area contributed by atoms with E-state index in [4.69, 9.17) is 28.4 Å². The van der Waals surface area contributed by atoms with Crippen LogP contribution >= 0.6 is 0 Å². The van der Waals surface area contributed by atoms with Gasteiger partial charge in [-0.25, -0.2) is 9.48 Å². The SMILES string of the molecule is COC(=O)c1nn([C@H]2O[C@H](COC(C)=O)[C@@H](OC(C)=O)[C@H]2OC(C)=O)cc1COC(C)=O. The van der Waals surface area contributed by atoms with E-state index < -0.39 is 54.4 Å². The summed E-state index contributed by atoms with van der Waals surface area (Å²) in [7, 11) is 1.15. The molecule has 0 aliphatic carbocycles. The molecule has 1 aliphatic rings. The van der Waals surface area contributed by atoms with Crippen molar-refractivity contribution in [2.75, 3.05) is 13.7 Å². The molecule has 32 heavy (non-hydrogen) atoms. The molecule has 4 atom stereocenters. The van der Waals surface area contributed by atoms with Gasteiger partial charge in [-0.1, -0.05) is 0 Å². The molecule has 0 aromatic carbocycles. The second-order valence-corrected chi connectivity index (χ2v) is 6.77. The predicted molar refractivity (Wildman–Crippen MR) is 101 cm³/mol. The van der Waals surface area contributed by atoms with Gasteiger partial charge in [-0.3, -0.25) is 19.2 Å². The van der Waals surface area contributed by atoms with Crippen molar-refractivity contribution in [1.82, 2.24) is 9.78 Å². The largest absolute Gasteiger partial charge is 0.464 e. The average Bonchev–Trinajstić information content (AvgIpc) is 3.25. The van der Waals surface area contributed by atoms with Crippen LogP contribution in [0.25, 0.3) is 0 Å². The Kier molecular flexibility index (Phi) is 8.29. The first-order valence-corrected chi connectivity index (χ1v) is 9.46. The molecule has 1 aromatic rings. The van der Waals surface area contributed by atoms with Crippen LogP contribution in [0.4, 0.5) is 0 Å². The maximum atomic E-state index is 12.1. The summed E-state index contributed by atoms with van der Waals surface area (Å²) in [4.78, 5) is 57.9. The van der Waals surface area contributed by atoms with Crippen LogP contribution in [0.15, 0.2) is 6.20 Å². The van der Waals surface area contributed by atoms with Gasteiger partial charge >= 0.3 is 29.8 Å². The Morgan fingerprint density at radius 1 is 0.938 bits per heavy atom. The second-order valence-electron chi connectivity index (χ2n) is 6.77. The molecule has 0 amide bonds. The number of methoxy groups -OCH3 is 1. The van der Waals surface area contributed by atoms with Crippen LogP contribution in [0.2, 0.25) is 0 Å². The fraction of sp³-hybridized carbons (Fsp3) is 0.579. The molecular weight excluding hydrogens is 432 g/mol. The number of nitrogens with zero attached hydrogens (tertiary/aromatic N) is 2. The molecule has 2 rings (SSSR count). The van der Waals surface area contributed by atoms with Crippen LogP contribution in [0.1, 0.15) is 50.0 Å². The zero-order valence-corrected chi connectivity index (χ0v) is 18.2. The van der Waals surface area contributed by atoms with Crippen molar-refractivity contribution < 1.29 is 52.4 Å². The molecule has 1 aliphatic heterocycles. The van der Waals surface area contributed by atoms with Gasteiger partial charge in [0.1, 0.15) is 19.3 Å². The number of esters is 5. The number of aromatic nitrogens is 2. The Balaban J connectivity index is 2.45. The smallest absolute Gasteiger partial charge is 0.358 e. The van der Waals surface area contributed by atoms with Crippen molar-refractivity contribution in [3.05, 3.63) is 17.5 Å². The van der Waals surface area contributed by atoms with Crippen LogP contribution in [0, 0.1) is 0 Å². The zero-order valence-electron chi connectivity index (χ0n) is 18.2. The van der Waals surface area contributed by atoms with Crippen molar-refractivity contribution >= 4 is 29.8 Å². The third kappa shape index (κ3) is 6.26. The first kappa shape index (κ1) is 24.8. The lowest BCUT2D eigenvalue weighted by Crippen LogP contribution is -2.40. The minimum absolute atomic E-state index is 0.161. The molecule has 13 nitrogen and oxygen atoms in total. The molecule has 176 valence electrons. The molecule has 13 heteroatoms. The Morgan fingerprint density at radius 3 is 2.06 bits per heavy atom. The molecule has 1 saturated heterocycles. The molecule has 0 N–H and O–H groups in total. The van der Waals surface area contributed by atoms with Gasteiger partial charge in [-0.15, -0.1) is 0 Å². The van der Waals surface area contributed by atoms with E-state index in [-0.39, 0.29) is 24.5 Å². The maximum absolute atomic E-state index is 12.1. The van der Waals surface area contributed by atoms with Gasteiger partial charge in [0.15, 0.2) is 24.1 Å². The van der Waals surface area contributed by atoms with E-state index in [9.17, 15) is 24.0 Å². The van der Waals surface area contributed by atoms with Gasteiger partial charge < -0.3 is 28.4 Å². The minimum atomic E-state index is -1.19. The van der Waals surface area contributed by atoms with Gasteiger partial charge in [0, 0.05) is 39.5 Å². The lowest BCUT2D eigenvalue weighted by molar-refractivity contribution is -0.166. The monoisotopic (exact) mass is 456 g/mol. The topological polar surface area (TPSA) is 159 Å². The highest BCUT2D eigenvalue weighted by atomic mass is 16.7. The van der Waals surface area contributed by atoms with Crippen molar-refractivity contribution in [2.45, 2.75) is 58.8 Å². The Bertz CT molecular complexity index is 894. The van der Waals surface area contributed by atoms with E-state index in [0.717, 1.165) is 25.6 Å².